The molecule has 3 heteroatoms. The zero-order valence-electron chi connectivity index (χ0n) is 14.0. The van der Waals surface area contributed by atoms with Gasteiger partial charge in [-0.3, -0.25) is 0 Å². The number of benzene rings is 3. The summed E-state index contributed by atoms with van der Waals surface area (Å²) < 4.78 is 0. The lowest BCUT2D eigenvalue weighted by Crippen LogP contribution is -2.23. The van der Waals surface area contributed by atoms with Crippen LogP contribution in [0.2, 0.25) is 5.02 Å². The summed E-state index contributed by atoms with van der Waals surface area (Å²) in [5.41, 5.74) is 4.30. The zero-order chi connectivity index (χ0) is 17.5. The summed E-state index contributed by atoms with van der Waals surface area (Å²) in [7, 11) is 0. The number of hydrogen-bond acceptors (Lipinski definition) is 2. The van der Waals surface area contributed by atoms with E-state index in [0.717, 1.165) is 34.7 Å². The molecule has 128 valence electrons. The fourth-order valence-electron chi connectivity index (χ4n) is 2.83. The van der Waals surface area contributed by atoms with Crippen LogP contribution in [0.4, 0.5) is 0 Å². The Morgan fingerprint density at radius 2 is 1.56 bits per heavy atom. The lowest BCUT2D eigenvalue weighted by molar-refractivity contribution is 0.175. The Bertz CT molecular complexity index is 790. The lowest BCUT2D eigenvalue weighted by atomic mass is 10.0. The first kappa shape index (κ1) is 17.7. The predicted molar refractivity (Wildman–Crippen MR) is 105 cm³/mol. The third-order valence-electron chi connectivity index (χ3n) is 4.23. The molecule has 3 rings (SSSR count). The first-order valence-electron chi connectivity index (χ1n) is 8.51. The molecule has 1 unspecified atom stereocenters. The lowest BCUT2D eigenvalue weighted by Gasteiger charge is -2.12. The second-order valence-corrected chi connectivity index (χ2v) is 6.47. The fourth-order valence-corrected chi connectivity index (χ4v) is 3.14. The fraction of sp³-hybridized carbons (Fsp3) is 0.182. The van der Waals surface area contributed by atoms with Crippen molar-refractivity contribution in [2.75, 3.05) is 13.1 Å². The van der Waals surface area contributed by atoms with Crippen LogP contribution >= 0.6 is 11.6 Å². The molecule has 0 aliphatic heterocycles. The van der Waals surface area contributed by atoms with E-state index in [2.05, 4.69) is 29.6 Å². The smallest absolute Gasteiger partial charge is 0.0914 e. The minimum Gasteiger partial charge on any atom is -0.387 e. The Balaban J connectivity index is 1.51. The van der Waals surface area contributed by atoms with Crippen LogP contribution < -0.4 is 5.32 Å². The molecule has 2 nitrogen and oxygen atoms in total. The van der Waals surface area contributed by atoms with Gasteiger partial charge in [-0.25, -0.2) is 0 Å². The summed E-state index contributed by atoms with van der Waals surface area (Å²) in [6, 6.07) is 26.1. The highest BCUT2D eigenvalue weighted by Crippen LogP contribution is 2.28. The van der Waals surface area contributed by atoms with Crippen molar-refractivity contribution in [2.24, 2.45) is 0 Å². The summed E-state index contributed by atoms with van der Waals surface area (Å²) in [5, 5.41) is 14.2. The minimum atomic E-state index is -0.481. The molecule has 0 aromatic heterocycles. The van der Waals surface area contributed by atoms with Crippen LogP contribution in [-0.4, -0.2) is 18.2 Å². The van der Waals surface area contributed by atoms with Crippen LogP contribution in [0.15, 0.2) is 78.9 Å². The van der Waals surface area contributed by atoms with E-state index in [-0.39, 0.29) is 0 Å². The van der Waals surface area contributed by atoms with Crippen LogP contribution in [0.3, 0.4) is 0 Å². The normalized spacial score (nSPS) is 12.1. The van der Waals surface area contributed by atoms with Crippen molar-refractivity contribution in [2.45, 2.75) is 12.5 Å². The first-order chi connectivity index (χ1) is 12.2. The van der Waals surface area contributed by atoms with Crippen molar-refractivity contribution in [1.82, 2.24) is 5.32 Å². The highest BCUT2D eigenvalue weighted by molar-refractivity contribution is 6.33. The topological polar surface area (TPSA) is 32.3 Å². The maximum Gasteiger partial charge on any atom is 0.0914 e. The van der Waals surface area contributed by atoms with Gasteiger partial charge in [-0.2, -0.15) is 0 Å². The van der Waals surface area contributed by atoms with Crippen LogP contribution in [0, 0.1) is 0 Å². The molecule has 0 saturated carbocycles. The molecule has 0 radical (unpaired) electrons. The molecule has 0 aliphatic rings. The number of aliphatic hydroxyl groups excluding tert-OH is 1. The van der Waals surface area contributed by atoms with E-state index in [4.69, 9.17) is 11.6 Å². The van der Waals surface area contributed by atoms with Gasteiger partial charge in [-0.05, 0) is 35.7 Å². The molecule has 0 fully saturated rings. The van der Waals surface area contributed by atoms with Gasteiger partial charge in [-0.15, -0.1) is 0 Å². The van der Waals surface area contributed by atoms with E-state index in [9.17, 15) is 5.11 Å². The number of nitrogens with one attached hydrogen (secondary N) is 1. The predicted octanol–water partition coefficient (Wildman–Crippen LogP) is 4.87. The molecule has 25 heavy (non-hydrogen) atoms. The molecule has 3 aromatic rings. The van der Waals surface area contributed by atoms with Crippen molar-refractivity contribution in [3.05, 3.63) is 95.0 Å². The third kappa shape index (κ3) is 4.93. The highest BCUT2D eigenvalue weighted by atomic mass is 35.5. The Hall–Kier alpha value is -2.13. The van der Waals surface area contributed by atoms with Gasteiger partial charge in [0.25, 0.3) is 0 Å². The van der Waals surface area contributed by atoms with Crippen molar-refractivity contribution < 1.29 is 5.11 Å². The van der Waals surface area contributed by atoms with Gasteiger partial charge in [0.05, 0.1) is 6.10 Å². The summed E-state index contributed by atoms with van der Waals surface area (Å²) in [6.07, 6.45) is 0.390. The maximum atomic E-state index is 10.1. The minimum absolute atomic E-state index is 0.481. The summed E-state index contributed by atoms with van der Waals surface area (Å²) in [5.74, 6) is 0. The van der Waals surface area contributed by atoms with Gasteiger partial charge < -0.3 is 10.4 Å². The highest BCUT2D eigenvalue weighted by Gasteiger charge is 2.07. The second kappa shape index (κ2) is 8.82. The molecule has 0 bridgehead atoms. The molecule has 0 heterocycles. The van der Waals surface area contributed by atoms with Gasteiger partial charge in [0, 0.05) is 17.1 Å². The molecule has 0 spiro atoms. The van der Waals surface area contributed by atoms with Gasteiger partial charge in [-0.1, -0.05) is 84.4 Å². The van der Waals surface area contributed by atoms with Crippen molar-refractivity contribution in [3.63, 3.8) is 0 Å². The standard InChI is InChI=1S/C22H22ClNO/c23-21-15-17(11-12-20(21)18-7-3-1-4-8-18)13-14-24-16-22(25)19-9-5-2-6-10-19/h1-12,15,22,24-25H,13-14,16H2. The van der Waals surface area contributed by atoms with E-state index in [0.29, 0.717) is 6.54 Å². The zero-order valence-corrected chi connectivity index (χ0v) is 14.8. The Morgan fingerprint density at radius 1 is 0.880 bits per heavy atom. The largest absolute Gasteiger partial charge is 0.387 e. The molecule has 0 amide bonds. The summed E-state index contributed by atoms with van der Waals surface area (Å²) >= 11 is 6.45. The number of hydrogen-bond donors (Lipinski definition) is 2. The summed E-state index contributed by atoms with van der Waals surface area (Å²) in [4.78, 5) is 0. The number of aliphatic hydroxyl groups is 1. The third-order valence-corrected chi connectivity index (χ3v) is 4.54. The quantitative estimate of drug-likeness (QED) is 0.595. The van der Waals surface area contributed by atoms with Gasteiger partial charge in [0.1, 0.15) is 0 Å². The second-order valence-electron chi connectivity index (χ2n) is 6.06. The van der Waals surface area contributed by atoms with Crippen LogP contribution in [0.5, 0.6) is 0 Å². The van der Waals surface area contributed by atoms with Crippen molar-refractivity contribution in [3.8, 4) is 11.1 Å². The van der Waals surface area contributed by atoms with Gasteiger partial charge in [0.15, 0.2) is 0 Å². The van der Waals surface area contributed by atoms with Crippen LogP contribution in [0.25, 0.3) is 11.1 Å². The van der Waals surface area contributed by atoms with E-state index in [1.54, 1.807) is 0 Å². The SMILES string of the molecule is OC(CNCCc1ccc(-c2ccccc2)c(Cl)c1)c1ccccc1. The maximum absolute atomic E-state index is 10.1. The van der Waals surface area contributed by atoms with Gasteiger partial charge >= 0.3 is 0 Å². The molecular weight excluding hydrogens is 330 g/mol. The molecule has 1 atom stereocenters. The van der Waals surface area contributed by atoms with Gasteiger partial charge in [0.2, 0.25) is 0 Å². The van der Waals surface area contributed by atoms with E-state index in [1.165, 1.54) is 5.56 Å². The molecule has 3 aromatic carbocycles. The van der Waals surface area contributed by atoms with Crippen LogP contribution in [0.1, 0.15) is 17.2 Å². The van der Waals surface area contributed by atoms with Crippen molar-refractivity contribution in [1.29, 1.82) is 0 Å². The average molecular weight is 352 g/mol. The first-order valence-corrected chi connectivity index (χ1v) is 8.89. The summed E-state index contributed by atoms with van der Waals surface area (Å²) in [6.45, 7) is 1.34. The Morgan fingerprint density at radius 3 is 2.24 bits per heavy atom. The molecule has 2 N–H and O–H groups in total. The number of halogens is 1. The molecule has 0 saturated heterocycles. The number of rotatable bonds is 7. The Labute approximate surface area is 154 Å². The average Bonchev–Trinajstić information content (AvgIpc) is 2.66. The molecular formula is C22H22ClNO. The van der Waals surface area contributed by atoms with E-state index in [1.807, 2.05) is 54.6 Å². The van der Waals surface area contributed by atoms with Crippen LogP contribution in [-0.2, 0) is 6.42 Å². The van der Waals surface area contributed by atoms with E-state index >= 15 is 0 Å². The molecule has 0 aliphatic carbocycles. The van der Waals surface area contributed by atoms with Crippen molar-refractivity contribution >= 4 is 11.6 Å². The van der Waals surface area contributed by atoms with E-state index < -0.39 is 6.10 Å². The Kier molecular flexibility index (Phi) is 6.24. The monoisotopic (exact) mass is 351 g/mol.